The Kier molecular flexibility index (Phi) is 4.07. The Morgan fingerprint density at radius 3 is 2.65 bits per heavy atom. The Morgan fingerprint density at radius 2 is 2.04 bits per heavy atom. The van der Waals surface area contributed by atoms with E-state index in [1.165, 1.54) is 12.1 Å². The van der Waals surface area contributed by atoms with E-state index in [0.29, 0.717) is 29.3 Å². The highest BCUT2D eigenvalue weighted by molar-refractivity contribution is 5.93. The van der Waals surface area contributed by atoms with Crippen LogP contribution in [0.4, 0.5) is 5.95 Å². The lowest BCUT2D eigenvalue weighted by Gasteiger charge is -2.32. The smallest absolute Gasteiger partial charge is 0.335 e. The van der Waals surface area contributed by atoms with Gasteiger partial charge in [0.05, 0.1) is 16.5 Å². The second-order valence-corrected chi connectivity index (χ2v) is 6.17. The molecule has 1 saturated heterocycles. The van der Waals surface area contributed by atoms with Crippen molar-refractivity contribution in [2.24, 2.45) is 5.92 Å². The maximum absolute atomic E-state index is 12.7. The molecule has 1 aromatic carbocycles. The SMILES string of the molecule is CCn1c(N2CCC(C)CC2)nc2cc(C(=O)O)ccc2c1=O. The molecule has 6 nitrogen and oxygen atoms in total. The Bertz CT molecular complexity index is 805. The average Bonchev–Trinajstić information content (AvgIpc) is 2.55. The van der Waals surface area contributed by atoms with E-state index in [1.54, 1.807) is 10.6 Å². The molecule has 0 bridgehead atoms. The molecule has 1 N–H and O–H groups in total. The van der Waals surface area contributed by atoms with Gasteiger partial charge in [-0.25, -0.2) is 9.78 Å². The fourth-order valence-electron chi connectivity index (χ4n) is 3.08. The summed E-state index contributed by atoms with van der Waals surface area (Å²) in [4.78, 5) is 30.6. The van der Waals surface area contributed by atoms with Crippen molar-refractivity contribution in [3.05, 3.63) is 34.1 Å². The van der Waals surface area contributed by atoms with E-state index in [-0.39, 0.29) is 11.1 Å². The Balaban J connectivity index is 2.15. The van der Waals surface area contributed by atoms with Crippen molar-refractivity contribution in [3.8, 4) is 0 Å². The second kappa shape index (κ2) is 6.02. The number of hydrogen-bond donors (Lipinski definition) is 1. The summed E-state index contributed by atoms with van der Waals surface area (Å²) in [5, 5.41) is 9.60. The third kappa shape index (κ3) is 2.81. The van der Waals surface area contributed by atoms with Crippen molar-refractivity contribution in [2.75, 3.05) is 18.0 Å². The standard InChI is InChI=1S/C17H21N3O3/c1-3-20-15(21)13-5-4-12(16(22)23)10-14(13)18-17(20)19-8-6-11(2)7-9-19/h4-5,10-11H,3,6-9H2,1-2H3,(H,22,23). The molecule has 0 spiro atoms. The fraction of sp³-hybridized carbons (Fsp3) is 0.471. The highest BCUT2D eigenvalue weighted by Gasteiger charge is 2.21. The molecule has 0 radical (unpaired) electrons. The highest BCUT2D eigenvalue weighted by atomic mass is 16.4. The first kappa shape index (κ1) is 15.5. The van der Waals surface area contributed by atoms with Gasteiger partial charge in [-0.15, -0.1) is 0 Å². The molecule has 0 saturated carbocycles. The number of rotatable bonds is 3. The molecular weight excluding hydrogens is 294 g/mol. The monoisotopic (exact) mass is 315 g/mol. The van der Waals surface area contributed by atoms with Gasteiger partial charge in [-0.3, -0.25) is 9.36 Å². The van der Waals surface area contributed by atoms with Gasteiger partial charge in [0.15, 0.2) is 0 Å². The number of carboxylic acid groups (broad SMARTS) is 1. The van der Waals surface area contributed by atoms with Crippen molar-refractivity contribution in [3.63, 3.8) is 0 Å². The molecule has 6 heteroatoms. The van der Waals surface area contributed by atoms with Gasteiger partial charge in [0.1, 0.15) is 0 Å². The topological polar surface area (TPSA) is 75.4 Å². The van der Waals surface area contributed by atoms with Crippen molar-refractivity contribution < 1.29 is 9.90 Å². The van der Waals surface area contributed by atoms with E-state index >= 15 is 0 Å². The third-order valence-corrected chi connectivity index (χ3v) is 4.56. The van der Waals surface area contributed by atoms with Crippen molar-refractivity contribution in [2.45, 2.75) is 33.2 Å². The van der Waals surface area contributed by atoms with Crippen LogP contribution in [-0.2, 0) is 6.54 Å². The molecule has 3 rings (SSSR count). The molecule has 2 aromatic rings. The minimum absolute atomic E-state index is 0.108. The number of hydrogen-bond acceptors (Lipinski definition) is 4. The summed E-state index contributed by atoms with van der Waals surface area (Å²) in [6, 6.07) is 4.49. The first-order valence-corrected chi connectivity index (χ1v) is 8.04. The number of benzene rings is 1. The fourth-order valence-corrected chi connectivity index (χ4v) is 3.08. The number of aromatic nitrogens is 2. The molecule has 0 atom stereocenters. The van der Waals surface area contributed by atoms with E-state index in [4.69, 9.17) is 5.11 Å². The van der Waals surface area contributed by atoms with Crippen molar-refractivity contribution in [1.29, 1.82) is 0 Å². The number of fused-ring (bicyclic) bond motifs is 1. The number of piperidine rings is 1. The second-order valence-electron chi connectivity index (χ2n) is 6.17. The maximum atomic E-state index is 12.7. The first-order chi connectivity index (χ1) is 11.0. The Labute approximate surface area is 134 Å². The predicted octanol–water partition coefficient (Wildman–Crippen LogP) is 2.35. The van der Waals surface area contributed by atoms with Crippen molar-refractivity contribution >= 4 is 22.8 Å². The molecule has 1 fully saturated rings. The summed E-state index contributed by atoms with van der Waals surface area (Å²) in [6.45, 7) is 6.45. The Hall–Kier alpha value is -2.37. The molecule has 1 aliphatic rings. The first-order valence-electron chi connectivity index (χ1n) is 8.04. The van der Waals surface area contributed by atoms with Crippen LogP contribution in [0, 0.1) is 5.92 Å². The lowest BCUT2D eigenvalue weighted by Crippen LogP contribution is -2.38. The molecule has 1 aliphatic heterocycles. The van der Waals surface area contributed by atoms with E-state index in [2.05, 4.69) is 16.8 Å². The number of anilines is 1. The molecule has 0 amide bonds. The summed E-state index contributed by atoms with van der Waals surface area (Å²) in [5.74, 6) is 0.327. The zero-order valence-electron chi connectivity index (χ0n) is 13.5. The summed E-state index contributed by atoms with van der Waals surface area (Å²) < 4.78 is 1.68. The quantitative estimate of drug-likeness (QED) is 0.941. The van der Waals surface area contributed by atoms with Gasteiger partial charge in [0.25, 0.3) is 5.56 Å². The van der Waals surface area contributed by atoms with Crippen LogP contribution in [0.15, 0.2) is 23.0 Å². The maximum Gasteiger partial charge on any atom is 0.335 e. The molecule has 0 aliphatic carbocycles. The molecule has 23 heavy (non-hydrogen) atoms. The van der Waals surface area contributed by atoms with Crippen LogP contribution in [0.25, 0.3) is 10.9 Å². The minimum Gasteiger partial charge on any atom is -0.478 e. The van der Waals surface area contributed by atoms with Gasteiger partial charge < -0.3 is 10.0 Å². The van der Waals surface area contributed by atoms with Crippen LogP contribution in [0.5, 0.6) is 0 Å². The van der Waals surface area contributed by atoms with Gasteiger partial charge in [-0.1, -0.05) is 6.92 Å². The van der Waals surface area contributed by atoms with Crippen LogP contribution in [0.2, 0.25) is 0 Å². The van der Waals surface area contributed by atoms with E-state index in [0.717, 1.165) is 25.9 Å². The molecule has 0 unspecified atom stereocenters. The highest BCUT2D eigenvalue weighted by Crippen LogP contribution is 2.22. The van der Waals surface area contributed by atoms with Crippen LogP contribution in [-0.4, -0.2) is 33.7 Å². The largest absolute Gasteiger partial charge is 0.478 e. The van der Waals surface area contributed by atoms with Crippen LogP contribution < -0.4 is 10.5 Å². The van der Waals surface area contributed by atoms with Gasteiger partial charge in [0.2, 0.25) is 5.95 Å². The van der Waals surface area contributed by atoms with E-state index in [1.807, 2.05) is 6.92 Å². The normalized spacial score (nSPS) is 16.0. The lowest BCUT2D eigenvalue weighted by molar-refractivity contribution is 0.0697. The predicted molar refractivity (Wildman–Crippen MR) is 89.2 cm³/mol. The van der Waals surface area contributed by atoms with Crippen LogP contribution in [0.3, 0.4) is 0 Å². The average molecular weight is 315 g/mol. The summed E-state index contributed by atoms with van der Waals surface area (Å²) in [7, 11) is 0. The summed E-state index contributed by atoms with van der Waals surface area (Å²) in [6.07, 6.45) is 2.15. The van der Waals surface area contributed by atoms with Crippen molar-refractivity contribution in [1.82, 2.24) is 9.55 Å². The van der Waals surface area contributed by atoms with Gasteiger partial charge in [0, 0.05) is 19.6 Å². The third-order valence-electron chi connectivity index (χ3n) is 4.56. The molecular formula is C17H21N3O3. The number of carboxylic acids is 1. The zero-order valence-corrected chi connectivity index (χ0v) is 13.5. The zero-order chi connectivity index (χ0) is 16.6. The van der Waals surface area contributed by atoms with Gasteiger partial charge in [-0.05, 0) is 43.9 Å². The molecule has 1 aromatic heterocycles. The number of aromatic carboxylic acids is 1. The molecule has 2 heterocycles. The number of nitrogens with zero attached hydrogens (tertiary/aromatic N) is 3. The van der Waals surface area contributed by atoms with Gasteiger partial charge >= 0.3 is 5.97 Å². The Morgan fingerprint density at radius 1 is 1.35 bits per heavy atom. The molecule has 122 valence electrons. The lowest BCUT2D eigenvalue weighted by atomic mass is 9.99. The van der Waals surface area contributed by atoms with Crippen LogP contribution in [0.1, 0.15) is 37.0 Å². The summed E-state index contributed by atoms with van der Waals surface area (Å²) >= 11 is 0. The van der Waals surface area contributed by atoms with Gasteiger partial charge in [-0.2, -0.15) is 0 Å². The minimum atomic E-state index is -1.01. The van der Waals surface area contributed by atoms with E-state index in [9.17, 15) is 9.59 Å². The number of carbonyl (C=O) groups is 1. The van der Waals surface area contributed by atoms with Crippen LogP contribution >= 0.6 is 0 Å². The van der Waals surface area contributed by atoms with E-state index < -0.39 is 5.97 Å². The summed E-state index contributed by atoms with van der Waals surface area (Å²) in [5.41, 5.74) is 0.494.